The molecule has 0 spiro atoms. The van der Waals surface area contributed by atoms with E-state index in [0.29, 0.717) is 17.7 Å². The Kier molecular flexibility index (Phi) is 4.70. The van der Waals surface area contributed by atoms with Crippen molar-refractivity contribution < 1.29 is 12.9 Å². The number of para-hydroxylation sites is 1. The van der Waals surface area contributed by atoms with Crippen molar-refractivity contribution in [3.63, 3.8) is 0 Å². The minimum absolute atomic E-state index is 0.0491. The third kappa shape index (κ3) is 3.54. The number of aromatic nitrogens is 2. The second-order valence-electron chi connectivity index (χ2n) is 6.66. The van der Waals surface area contributed by atoms with Gasteiger partial charge < -0.3 is 10.3 Å². The van der Waals surface area contributed by atoms with Crippen LogP contribution in [0.1, 0.15) is 17.3 Å². The summed E-state index contributed by atoms with van der Waals surface area (Å²) in [7, 11) is -3.37. The predicted molar refractivity (Wildman–Crippen MR) is 107 cm³/mol. The summed E-state index contributed by atoms with van der Waals surface area (Å²) in [5.74, 6) is 0. The first-order chi connectivity index (χ1) is 13.4. The molecule has 0 saturated heterocycles. The third-order valence-electron chi connectivity index (χ3n) is 4.58. The Hall–Kier alpha value is -3.03. The second kappa shape index (κ2) is 7.18. The zero-order valence-corrected chi connectivity index (χ0v) is 16.1. The first-order valence-electron chi connectivity index (χ1n) is 8.79. The average molecular weight is 393 g/mol. The summed E-state index contributed by atoms with van der Waals surface area (Å²) >= 11 is 0. The van der Waals surface area contributed by atoms with Crippen molar-refractivity contribution in [3.05, 3.63) is 78.0 Å². The minimum Gasteiger partial charge on any atom is -0.356 e. The van der Waals surface area contributed by atoms with E-state index in [9.17, 15) is 8.42 Å². The van der Waals surface area contributed by atoms with Gasteiger partial charge in [-0.25, -0.2) is 13.4 Å². The van der Waals surface area contributed by atoms with E-state index in [1.165, 1.54) is 6.07 Å². The smallest absolute Gasteiger partial charge is 0.192 e. The zero-order chi connectivity index (χ0) is 19.7. The van der Waals surface area contributed by atoms with Gasteiger partial charge in [0.05, 0.1) is 0 Å². The molecule has 1 unspecified atom stereocenters. The minimum atomic E-state index is -3.37. The van der Waals surface area contributed by atoms with Crippen LogP contribution >= 0.6 is 0 Å². The van der Waals surface area contributed by atoms with E-state index in [-0.39, 0.29) is 11.1 Å². The van der Waals surface area contributed by atoms with Gasteiger partial charge in [-0.15, -0.1) is 0 Å². The fourth-order valence-electron chi connectivity index (χ4n) is 3.23. The molecule has 2 heterocycles. The lowest BCUT2D eigenvalue weighted by atomic mass is 9.94. The number of fused-ring (bicyclic) bond motifs is 1. The Morgan fingerprint density at radius 2 is 1.75 bits per heavy atom. The van der Waals surface area contributed by atoms with E-state index in [4.69, 9.17) is 10.3 Å². The second-order valence-corrected chi connectivity index (χ2v) is 8.63. The highest BCUT2D eigenvalue weighted by atomic mass is 32.2. The van der Waals surface area contributed by atoms with Crippen LogP contribution in [0.25, 0.3) is 22.2 Å². The normalized spacial score (nSPS) is 12.9. The molecule has 142 valence electrons. The van der Waals surface area contributed by atoms with Crippen LogP contribution in [0.4, 0.5) is 0 Å². The highest BCUT2D eigenvalue weighted by Crippen LogP contribution is 2.33. The molecule has 2 aromatic carbocycles. The van der Waals surface area contributed by atoms with Crippen molar-refractivity contribution in [2.24, 2.45) is 5.73 Å². The number of hydrogen-bond acceptors (Lipinski definition) is 6. The molecule has 2 N–H and O–H groups in total. The molecule has 6 nitrogen and oxygen atoms in total. The van der Waals surface area contributed by atoms with Gasteiger partial charge in [0.1, 0.15) is 5.69 Å². The van der Waals surface area contributed by atoms with Crippen LogP contribution in [0.15, 0.2) is 76.3 Å². The lowest BCUT2D eigenvalue weighted by Crippen LogP contribution is -2.16. The third-order valence-corrected chi connectivity index (χ3v) is 5.57. The molecule has 28 heavy (non-hydrogen) atoms. The van der Waals surface area contributed by atoms with Gasteiger partial charge in [0.2, 0.25) is 0 Å². The summed E-state index contributed by atoms with van der Waals surface area (Å²) in [6.07, 6.45) is 1.54. The molecule has 0 aliphatic carbocycles. The van der Waals surface area contributed by atoms with E-state index >= 15 is 0 Å². The van der Waals surface area contributed by atoms with Crippen LogP contribution < -0.4 is 5.73 Å². The van der Waals surface area contributed by atoms with Crippen molar-refractivity contribution in [1.29, 1.82) is 0 Å². The molecule has 0 radical (unpaired) electrons. The number of nitrogens with two attached hydrogens (primary N) is 1. The molecular formula is C21H19N3O3S. The van der Waals surface area contributed by atoms with Gasteiger partial charge in [-0.05, 0) is 29.8 Å². The van der Waals surface area contributed by atoms with Crippen LogP contribution in [-0.4, -0.2) is 24.8 Å². The van der Waals surface area contributed by atoms with Gasteiger partial charge in [0, 0.05) is 35.4 Å². The quantitative estimate of drug-likeness (QED) is 0.557. The molecule has 0 aliphatic rings. The Morgan fingerprint density at radius 3 is 2.57 bits per heavy atom. The SMILES string of the molecule is CS(=O)(=O)c1cccc(CC(N)c2ccccc2-c2noc3ccccc23)n1. The summed E-state index contributed by atoms with van der Waals surface area (Å²) in [4.78, 5) is 4.25. The zero-order valence-electron chi connectivity index (χ0n) is 15.2. The molecule has 0 amide bonds. The molecule has 0 saturated carbocycles. The maximum atomic E-state index is 11.8. The van der Waals surface area contributed by atoms with E-state index in [1.54, 1.807) is 12.1 Å². The molecule has 0 aliphatic heterocycles. The first kappa shape index (κ1) is 18.3. The van der Waals surface area contributed by atoms with Gasteiger partial charge >= 0.3 is 0 Å². The molecule has 0 bridgehead atoms. The fourth-order valence-corrected chi connectivity index (χ4v) is 3.84. The molecule has 1 atom stereocenters. The van der Waals surface area contributed by atoms with E-state index < -0.39 is 9.84 Å². The van der Waals surface area contributed by atoms with Gasteiger partial charge in [-0.3, -0.25) is 0 Å². The molecule has 2 aromatic heterocycles. The lowest BCUT2D eigenvalue weighted by molar-refractivity contribution is 0.459. The Balaban J connectivity index is 1.71. The largest absolute Gasteiger partial charge is 0.356 e. The number of hydrogen-bond donors (Lipinski definition) is 1. The van der Waals surface area contributed by atoms with E-state index in [1.807, 2.05) is 48.5 Å². The highest BCUT2D eigenvalue weighted by molar-refractivity contribution is 7.90. The van der Waals surface area contributed by atoms with Gasteiger partial charge in [0.15, 0.2) is 20.4 Å². The standard InChI is InChI=1S/C21H19N3O3S/c1-28(25,26)20-12-6-7-14(23-20)13-18(22)15-8-2-3-9-16(15)21-17-10-4-5-11-19(17)27-24-21/h2-12,18H,13,22H2,1H3. The molecule has 4 aromatic rings. The monoisotopic (exact) mass is 393 g/mol. The number of benzene rings is 2. The van der Waals surface area contributed by atoms with Crippen LogP contribution in [0, 0.1) is 0 Å². The predicted octanol–water partition coefficient (Wildman–Crippen LogP) is 3.54. The molecule has 7 heteroatoms. The van der Waals surface area contributed by atoms with Crippen LogP contribution in [0.3, 0.4) is 0 Å². The van der Waals surface area contributed by atoms with E-state index in [2.05, 4.69) is 10.1 Å². The number of pyridine rings is 1. The van der Waals surface area contributed by atoms with Crippen LogP contribution in [0.2, 0.25) is 0 Å². The Morgan fingerprint density at radius 1 is 1.00 bits per heavy atom. The topological polar surface area (TPSA) is 99.1 Å². The number of nitrogens with zero attached hydrogens (tertiary/aromatic N) is 2. The molecule has 0 fully saturated rings. The van der Waals surface area contributed by atoms with Gasteiger partial charge in [-0.2, -0.15) is 0 Å². The van der Waals surface area contributed by atoms with Crippen molar-refractivity contribution in [2.75, 3.05) is 6.26 Å². The Labute approximate surface area is 162 Å². The number of sulfone groups is 1. The van der Waals surface area contributed by atoms with Crippen molar-refractivity contribution in [1.82, 2.24) is 10.1 Å². The summed E-state index contributed by atoms with van der Waals surface area (Å²) in [5, 5.41) is 5.20. The summed E-state index contributed by atoms with van der Waals surface area (Å²) < 4.78 is 29.0. The van der Waals surface area contributed by atoms with Gasteiger partial charge in [0.25, 0.3) is 0 Å². The van der Waals surface area contributed by atoms with Crippen LogP contribution in [-0.2, 0) is 16.3 Å². The molecular weight excluding hydrogens is 374 g/mol. The lowest BCUT2D eigenvalue weighted by Gasteiger charge is -2.15. The fraction of sp³-hybridized carbons (Fsp3) is 0.143. The summed E-state index contributed by atoms with van der Waals surface area (Å²) in [5.41, 5.74) is 10.3. The first-order valence-corrected chi connectivity index (χ1v) is 10.7. The van der Waals surface area contributed by atoms with Crippen molar-refractivity contribution in [2.45, 2.75) is 17.5 Å². The van der Waals surface area contributed by atoms with E-state index in [0.717, 1.165) is 28.5 Å². The highest BCUT2D eigenvalue weighted by Gasteiger charge is 2.18. The van der Waals surface area contributed by atoms with Crippen LogP contribution in [0.5, 0.6) is 0 Å². The number of rotatable bonds is 5. The average Bonchev–Trinajstić information content (AvgIpc) is 3.11. The summed E-state index contributed by atoms with van der Waals surface area (Å²) in [6, 6.07) is 20.0. The maximum absolute atomic E-state index is 11.8. The van der Waals surface area contributed by atoms with Crippen molar-refractivity contribution >= 4 is 20.8 Å². The molecule has 4 rings (SSSR count). The summed E-state index contributed by atoms with van der Waals surface area (Å²) in [6.45, 7) is 0. The Bertz CT molecular complexity index is 1250. The van der Waals surface area contributed by atoms with Gasteiger partial charge in [-0.1, -0.05) is 47.6 Å². The van der Waals surface area contributed by atoms with Crippen molar-refractivity contribution in [3.8, 4) is 11.3 Å². The maximum Gasteiger partial charge on any atom is 0.192 e.